The highest BCUT2D eigenvalue weighted by Gasteiger charge is 2.16. The molecule has 4 nitrogen and oxygen atoms in total. The van der Waals surface area contributed by atoms with Gasteiger partial charge in [0.1, 0.15) is 11.2 Å². The van der Waals surface area contributed by atoms with Gasteiger partial charge in [0.15, 0.2) is 11.3 Å². The van der Waals surface area contributed by atoms with Crippen molar-refractivity contribution in [3.8, 4) is 11.5 Å². The number of aromatic nitrogens is 1. The van der Waals surface area contributed by atoms with Crippen LogP contribution in [0.1, 0.15) is 5.56 Å². The molecule has 2 N–H and O–H groups in total. The van der Waals surface area contributed by atoms with E-state index < -0.39 is 0 Å². The van der Waals surface area contributed by atoms with Crippen molar-refractivity contribution >= 4 is 28.4 Å². The van der Waals surface area contributed by atoms with Crippen molar-refractivity contribution in [1.29, 1.82) is 0 Å². The molecule has 0 saturated carbocycles. The normalized spacial score (nSPS) is 11.2. The van der Waals surface area contributed by atoms with E-state index in [9.17, 15) is 4.79 Å². The van der Waals surface area contributed by atoms with Crippen molar-refractivity contribution in [2.45, 2.75) is 6.92 Å². The molecule has 0 saturated heterocycles. The topological polar surface area (TPSA) is 69.1 Å². The summed E-state index contributed by atoms with van der Waals surface area (Å²) in [4.78, 5) is 16.1. The van der Waals surface area contributed by atoms with E-state index in [-0.39, 0.29) is 10.5 Å². The molecule has 0 bridgehead atoms. The highest BCUT2D eigenvalue weighted by molar-refractivity contribution is 6.31. The third-order valence-electron chi connectivity index (χ3n) is 2.83. The number of benzene rings is 2. The molecule has 0 unspecified atom stereocenters. The van der Waals surface area contributed by atoms with Crippen LogP contribution in [0.15, 0.2) is 33.5 Å². The number of anilines is 1. The van der Waals surface area contributed by atoms with Crippen LogP contribution < -0.4 is 11.2 Å². The minimum Gasteiger partial charge on any atom is -0.453 e. The summed E-state index contributed by atoms with van der Waals surface area (Å²) in [6, 6.07) is 6.54. The van der Waals surface area contributed by atoms with Crippen molar-refractivity contribution < 1.29 is 4.42 Å². The lowest BCUT2D eigenvalue weighted by molar-refractivity contribution is 0.612. The molecule has 18 heavy (non-hydrogen) atoms. The molecular weight excluding hydrogens is 252 g/mol. The second-order valence-corrected chi connectivity index (χ2v) is 4.48. The Balaban J connectivity index is 2.50. The lowest BCUT2D eigenvalue weighted by Crippen LogP contribution is -2.06. The Hall–Kier alpha value is -2.07. The zero-order valence-corrected chi connectivity index (χ0v) is 10.3. The summed E-state index contributed by atoms with van der Waals surface area (Å²) in [5.41, 5.74) is 8.44. The number of hydrogen-bond donors (Lipinski definition) is 1. The first-order valence-electron chi connectivity index (χ1n) is 5.35. The molecule has 1 heterocycles. The molecule has 1 aromatic carbocycles. The molecule has 2 aliphatic rings. The summed E-state index contributed by atoms with van der Waals surface area (Å²) in [5, 5.41) is 0.181. The maximum absolute atomic E-state index is 11.6. The third-order valence-corrected chi connectivity index (χ3v) is 3.30. The molecule has 5 heteroatoms. The van der Waals surface area contributed by atoms with E-state index in [2.05, 4.69) is 4.98 Å². The Morgan fingerprint density at radius 1 is 1.33 bits per heavy atom. The maximum atomic E-state index is 11.6. The van der Waals surface area contributed by atoms with Crippen LogP contribution in [-0.2, 0) is 0 Å². The fraction of sp³-hybridized carbons (Fsp3) is 0.0769. The van der Waals surface area contributed by atoms with Gasteiger partial charge in [-0.05, 0) is 19.1 Å². The van der Waals surface area contributed by atoms with Crippen molar-refractivity contribution in [3.05, 3.63) is 45.1 Å². The maximum Gasteiger partial charge on any atom is 0.201 e. The predicted molar refractivity (Wildman–Crippen MR) is 71.1 cm³/mol. The van der Waals surface area contributed by atoms with E-state index in [4.69, 9.17) is 21.8 Å². The summed E-state index contributed by atoms with van der Waals surface area (Å²) >= 11 is 5.92. The SMILES string of the molecule is Cc1c2nc3ccc(N)cc3oc-2cc(=O)c1Cl. The Labute approximate surface area is 107 Å². The zero-order chi connectivity index (χ0) is 12.9. The van der Waals surface area contributed by atoms with Gasteiger partial charge in [0.2, 0.25) is 5.43 Å². The second-order valence-electron chi connectivity index (χ2n) is 4.10. The number of nitrogen functional groups attached to an aromatic ring is 1. The van der Waals surface area contributed by atoms with Gasteiger partial charge in [0, 0.05) is 23.4 Å². The molecule has 0 spiro atoms. The van der Waals surface area contributed by atoms with Crippen LogP contribution >= 0.6 is 11.6 Å². The van der Waals surface area contributed by atoms with Crippen LogP contribution in [0.2, 0.25) is 5.02 Å². The van der Waals surface area contributed by atoms with Crippen molar-refractivity contribution in [2.24, 2.45) is 0 Å². The molecule has 0 atom stereocenters. The molecule has 0 aromatic heterocycles. The van der Waals surface area contributed by atoms with E-state index >= 15 is 0 Å². The Morgan fingerprint density at radius 2 is 2.11 bits per heavy atom. The minimum atomic E-state index is -0.268. The third kappa shape index (κ3) is 1.54. The van der Waals surface area contributed by atoms with Gasteiger partial charge in [-0.15, -0.1) is 0 Å². The first-order valence-corrected chi connectivity index (χ1v) is 5.73. The molecular formula is C13H9ClN2O2. The van der Waals surface area contributed by atoms with Gasteiger partial charge in [-0.3, -0.25) is 4.79 Å². The fourth-order valence-corrected chi connectivity index (χ4v) is 2.03. The molecule has 0 amide bonds. The average Bonchev–Trinajstić information content (AvgIpc) is 2.34. The molecule has 3 rings (SSSR count). The monoisotopic (exact) mass is 260 g/mol. The average molecular weight is 261 g/mol. The predicted octanol–water partition coefficient (Wildman–Crippen LogP) is 2.84. The molecule has 1 aliphatic carbocycles. The van der Waals surface area contributed by atoms with Gasteiger partial charge < -0.3 is 10.2 Å². The summed E-state index contributed by atoms with van der Waals surface area (Å²) in [7, 11) is 0. The van der Waals surface area contributed by atoms with Gasteiger partial charge in [-0.1, -0.05) is 11.6 Å². The van der Waals surface area contributed by atoms with E-state index in [1.807, 2.05) is 0 Å². The van der Waals surface area contributed by atoms with Crippen molar-refractivity contribution in [2.75, 3.05) is 5.73 Å². The first-order chi connectivity index (χ1) is 8.56. The highest BCUT2D eigenvalue weighted by Crippen LogP contribution is 2.30. The van der Waals surface area contributed by atoms with Crippen LogP contribution in [0.25, 0.3) is 22.6 Å². The van der Waals surface area contributed by atoms with Crippen LogP contribution in [0.4, 0.5) is 5.69 Å². The number of halogens is 1. The zero-order valence-electron chi connectivity index (χ0n) is 9.53. The highest BCUT2D eigenvalue weighted by atomic mass is 35.5. The quantitative estimate of drug-likeness (QED) is 0.498. The van der Waals surface area contributed by atoms with E-state index in [1.54, 1.807) is 25.1 Å². The van der Waals surface area contributed by atoms with Gasteiger partial charge in [-0.25, -0.2) is 4.98 Å². The number of nitrogens with two attached hydrogens (primary N) is 1. The number of rotatable bonds is 0. The number of fused-ring (bicyclic) bond motifs is 2. The van der Waals surface area contributed by atoms with E-state index in [0.717, 1.165) is 0 Å². The molecule has 90 valence electrons. The van der Waals surface area contributed by atoms with Gasteiger partial charge in [0.25, 0.3) is 0 Å². The van der Waals surface area contributed by atoms with Crippen molar-refractivity contribution in [3.63, 3.8) is 0 Å². The standard InChI is InChI=1S/C13H9ClN2O2/c1-6-12(14)9(17)5-11-13(6)16-8-3-2-7(15)4-10(8)18-11/h2-5H,15H2,1H3. The lowest BCUT2D eigenvalue weighted by atomic mass is 10.1. The minimum absolute atomic E-state index is 0.181. The van der Waals surface area contributed by atoms with E-state index in [0.29, 0.717) is 33.8 Å². The van der Waals surface area contributed by atoms with Gasteiger partial charge in [0.05, 0.1) is 5.02 Å². The van der Waals surface area contributed by atoms with Crippen molar-refractivity contribution in [1.82, 2.24) is 4.98 Å². The summed E-state index contributed by atoms with van der Waals surface area (Å²) in [6.07, 6.45) is 0. The van der Waals surface area contributed by atoms with Crippen LogP contribution in [0, 0.1) is 6.92 Å². The summed E-state index contributed by atoms with van der Waals surface area (Å²) in [5.74, 6) is 0.417. The van der Waals surface area contributed by atoms with Gasteiger partial charge in [-0.2, -0.15) is 0 Å². The molecule has 1 aromatic rings. The summed E-state index contributed by atoms with van der Waals surface area (Å²) < 4.78 is 5.64. The first kappa shape index (κ1) is 11.0. The molecule has 0 radical (unpaired) electrons. The summed E-state index contributed by atoms with van der Waals surface area (Å²) in [6.45, 7) is 1.75. The molecule has 0 fully saturated rings. The largest absolute Gasteiger partial charge is 0.453 e. The van der Waals surface area contributed by atoms with Gasteiger partial charge >= 0.3 is 0 Å². The Kier molecular flexibility index (Phi) is 2.28. The van der Waals surface area contributed by atoms with Crippen LogP contribution in [0.3, 0.4) is 0 Å². The number of hydrogen-bond acceptors (Lipinski definition) is 4. The smallest absolute Gasteiger partial charge is 0.201 e. The number of nitrogens with zero attached hydrogens (tertiary/aromatic N) is 1. The lowest BCUT2D eigenvalue weighted by Gasteiger charge is -2.09. The second kappa shape index (κ2) is 3.71. The molecule has 1 aliphatic heterocycles. The van der Waals surface area contributed by atoms with E-state index in [1.165, 1.54) is 6.07 Å². The Bertz CT molecular complexity index is 795. The van der Waals surface area contributed by atoms with Crippen LogP contribution in [0.5, 0.6) is 0 Å². The fourth-order valence-electron chi connectivity index (χ4n) is 1.88. The van der Waals surface area contributed by atoms with Crippen LogP contribution in [-0.4, -0.2) is 4.98 Å². The Morgan fingerprint density at radius 3 is 2.89 bits per heavy atom.